The van der Waals surface area contributed by atoms with Gasteiger partial charge in [0, 0.05) is 0 Å². The van der Waals surface area contributed by atoms with Crippen LogP contribution in [0.1, 0.15) is 0 Å². The molecular formula is C8H12N3OS. The fraction of sp³-hybridized carbons (Fsp3) is 0.125. The van der Waals surface area contributed by atoms with Crippen molar-refractivity contribution in [3.05, 3.63) is 40.8 Å². The van der Waals surface area contributed by atoms with Gasteiger partial charge in [0.25, 0.3) is 0 Å². The lowest BCUT2D eigenvalue weighted by molar-refractivity contribution is 0.0443. The Bertz CT molecular complexity index is 298. The maximum Gasteiger partial charge on any atom is 0.158 e. The van der Waals surface area contributed by atoms with Crippen molar-refractivity contribution in [3.63, 3.8) is 0 Å². The van der Waals surface area contributed by atoms with Gasteiger partial charge in [-0.3, -0.25) is 0 Å². The molecule has 0 saturated heterocycles. The Morgan fingerprint density at radius 2 is 2.54 bits per heavy atom. The number of hydrogen-bond acceptors (Lipinski definition) is 4. The molecule has 0 aromatic carbocycles. The topological polar surface area (TPSA) is 50.5 Å². The number of nitrogens with two attached hydrogens (primary N) is 1. The molecule has 0 aliphatic carbocycles. The van der Waals surface area contributed by atoms with Gasteiger partial charge in [0.1, 0.15) is 0 Å². The Morgan fingerprint density at radius 3 is 3.08 bits per heavy atom. The van der Waals surface area contributed by atoms with Gasteiger partial charge in [-0.25, -0.2) is 5.01 Å². The van der Waals surface area contributed by atoms with Crippen LogP contribution in [-0.4, -0.2) is 11.6 Å². The number of nitrogens with zero attached hydrogens (tertiary/aromatic N) is 1. The fourth-order valence-electron chi connectivity index (χ4n) is 1.14. The van der Waals surface area contributed by atoms with Crippen LogP contribution in [0.5, 0.6) is 0 Å². The summed E-state index contributed by atoms with van der Waals surface area (Å²) in [5.74, 6) is 0.733. The van der Waals surface area contributed by atoms with Crippen molar-refractivity contribution < 1.29 is 4.84 Å². The van der Waals surface area contributed by atoms with Crippen molar-refractivity contribution in [3.8, 4) is 0 Å². The molecule has 13 heavy (non-hydrogen) atoms. The SMILES string of the molecule is [CH2][SH]1C=CC=C1N1C=C(CN)ON1. The van der Waals surface area contributed by atoms with E-state index in [4.69, 9.17) is 10.6 Å². The Kier molecular flexibility index (Phi) is 2.30. The first-order chi connectivity index (χ1) is 6.31. The molecule has 0 aromatic rings. The molecule has 3 N–H and O–H groups in total. The average molecular weight is 198 g/mol. The monoisotopic (exact) mass is 198 g/mol. The van der Waals surface area contributed by atoms with Gasteiger partial charge in [-0.05, 0) is 17.7 Å². The van der Waals surface area contributed by atoms with E-state index in [0.717, 1.165) is 10.8 Å². The minimum Gasteiger partial charge on any atom is -0.390 e. The van der Waals surface area contributed by atoms with Crippen LogP contribution in [0.25, 0.3) is 0 Å². The minimum absolute atomic E-state index is 0.402. The molecule has 1 radical (unpaired) electrons. The van der Waals surface area contributed by atoms with E-state index in [9.17, 15) is 0 Å². The normalized spacial score (nSPS) is 28.8. The largest absolute Gasteiger partial charge is 0.390 e. The Hall–Kier alpha value is -0.910. The Morgan fingerprint density at radius 1 is 1.69 bits per heavy atom. The first-order valence-electron chi connectivity index (χ1n) is 3.92. The quantitative estimate of drug-likeness (QED) is 0.572. The molecule has 2 aliphatic heterocycles. The second-order valence-corrected chi connectivity index (χ2v) is 4.39. The third kappa shape index (κ3) is 1.58. The zero-order valence-corrected chi connectivity index (χ0v) is 8.00. The van der Waals surface area contributed by atoms with Gasteiger partial charge in [-0.1, -0.05) is 11.7 Å². The summed E-state index contributed by atoms with van der Waals surface area (Å²) in [6.07, 6.45) is 9.90. The number of thiol groups is 1. The van der Waals surface area contributed by atoms with Gasteiger partial charge < -0.3 is 10.6 Å². The average Bonchev–Trinajstić information content (AvgIpc) is 2.71. The van der Waals surface area contributed by atoms with Crippen LogP contribution >= 0.6 is 10.9 Å². The Balaban J connectivity index is 2.08. The van der Waals surface area contributed by atoms with Crippen LogP contribution in [0.2, 0.25) is 0 Å². The lowest BCUT2D eigenvalue weighted by atomic mass is 10.5. The molecule has 0 bridgehead atoms. The lowest BCUT2D eigenvalue weighted by Crippen LogP contribution is -2.26. The van der Waals surface area contributed by atoms with Gasteiger partial charge in [0.15, 0.2) is 5.76 Å². The maximum atomic E-state index is 5.42. The van der Waals surface area contributed by atoms with Gasteiger partial charge >= 0.3 is 0 Å². The van der Waals surface area contributed by atoms with Crippen molar-refractivity contribution in [2.75, 3.05) is 6.54 Å². The minimum atomic E-state index is -0.435. The van der Waals surface area contributed by atoms with Gasteiger partial charge in [0.2, 0.25) is 0 Å². The predicted octanol–water partition coefficient (Wildman–Crippen LogP) is 0.700. The summed E-state index contributed by atoms with van der Waals surface area (Å²) < 4.78 is 0. The lowest BCUT2D eigenvalue weighted by Gasteiger charge is -2.20. The molecule has 0 amide bonds. The van der Waals surface area contributed by atoms with Crippen LogP contribution in [0.15, 0.2) is 34.5 Å². The summed E-state index contributed by atoms with van der Waals surface area (Å²) in [6.45, 7) is 0.402. The highest BCUT2D eigenvalue weighted by Crippen LogP contribution is 2.41. The molecule has 0 fully saturated rings. The number of allylic oxidation sites excluding steroid dienone is 2. The third-order valence-electron chi connectivity index (χ3n) is 1.80. The smallest absolute Gasteiger partial charge is 0.158 e. The summed E-state index contributed by atoms with van der Waals surface area (Å²) in [4.78, 5) is 5.10. The van der Waals surface area contributed by atoms with Crippen LogP contribution in [0, 0.1) is 6.26 Å². The van der Waals surface area contributed by atoms with Crippen LogP contribution in [0.3, 0.4) is 0 Å². The highest BCUT2D eigenvalue weighted by Gasteiger charge is 2.19. The molecule has 0 spiro atoms. The number of rotatable bonds is 2. The zero-order chi connectivity index (χ0) is 9.26. The molecule has 0 aromatic heterocycles. The molecule has 1 atom stereocenters. The maximum absolute atomic E-state index is 5.42. The van der Waals surface area contributed by atoms with Crippen LogP contribution < -0.4 is 11.3 Å². The van der Waals surface area contributed by atoms with Crippen molar-refractivity contribution in [2.24, 2.45) is 5.73 Å². The molecule has 2 heterocycles. The van der Waals surface area contributed by atoms with E-state index in [2.05, 4.69) is 17.3 Å². The summed E-state index contributed by atoms with van der Waals surface area (Å²) in [6, 6.07) is 0. The third-order valence-corrected chi connectivity index (χ3v) is 3.29. The molecule has 2 aliphatic rings. The molecule has 4 nitrogen and oxygen atoms in total. The van der Waals surface area contributed by atoms with Crippen LogP contribution in [0.4, 0.5) is 0 Å². The molecule has 1 unspecified atom stereocenters. The summed E-state index contributed by atoms with van der Waals surface area (Å²) in [7, 11) is -0.435. The highest BCUT2D eigenvalue weighted by molar-refractivity contribution is 8.24. The summed E-state index contributed by atoms with van der Waals surface area (Å²) >= 11 is 0. The van der Waals surface area contributed by atoms with Crippen LogP contribution in [-0.2, 0) is 4.84 Å². The highest BCUT2D eigenvalue weighted by atomic mass is 32.2. The van der Waals surface area contributed by atoms with E-state index >= 15 is 0 Å². The van der Waals surface area contributed by atoms with E-state index in [-0.39, 0.29) is 0 Å². The zero-order valence-electron chi connectivity index (χ0n) is 7.10. The fourth-order valence-corrected chi connectivity index (χ4v) is 2.23. The molecule has 2 rings (SSSR count). The van der Waals surface area contributed by atoms with Gasteiger partial charge in [-0.2, -0.15) is 10.9 Å². The first-order valence-corrected chi connectivity index (χ1v) is 5.51. The predicted molar refractivity (Wildman–Crippen MR) is 54.8 cm³/mol. The van der Waals surface area contributed by atoms with E-state index in [1.54, 1.807) is 0 Å². The standard InChI is InChI=1S/C8H12N3OS/c1-13-4-2-3-8(13)11-6-7(5-9)12-10-11/h2-4,6,10,13H,1,5,9H2. The Labute approximate surface area is 80.0 Å². The van der Waals surface area contributed by atoms with Crippen molar-refractivity contribution in [1.82, 2.24) is 10.6 Å². The van der Waals surface area contributed by atoms with E-state index in [1.165, 1.54) is 0 Å². The second-order valence-electron chi connectivity index (χ2n) is 2.70. The molecule has 0 saturated carbocycles. The second kappa shape index (κ2) is 3.45. The van der Waals surface area contributed by atoms with Gasteiger partial charge in [0.05, 0.1) is 17.8 Å². The van der Waals surface area contributed by atoms with E-state index in [1.807, 2.05) is 23.4 Å². The van der Waals surface area contributed by atoms with Crippen molar-refractivity contribution in [2.45, 2.75) is 0 Å². The molecular weight excluding hydrogens is 186 g/mol. The number of hydrogen-bond donors (Lipinski definition) is 3. The molecule has 71 valence electrons. The number of nitrogens with one attached hydrogen (secondary N) is 1. The number of hydrazine groups is 1. The first kappa shape index (κ1) is 8.68. The van der Waals surface area contributed by atoms with Gasteiger partial charge in [-0.15, -0.1) is 0 Å². The van der Waals surface area contributed by atoms with E-state index in [0.29, 0.717) is 6.54 Å². The summed E-state index contributed by atoms with van der Waals surface area (Å²) in [5, 5.41) is 5.03. The van der Waals surface area contributed by atoms with Crippen molar-refractivity contribution in [1.29, 1.82) is 0 Å². The molecule has 5 heteroatoms. The van der Waals surface area contributed by atoms with E-state index < -0.39 is 10.9 Å². The summed E-state index contributed by atoms with van der Waals surface area (Å²) in [5.41, 5.74) is 8.18. The van der Waals surface area contributed by atoms with Crippen molar-refractivity contribution >= 4 is 10.9 Å².